The topological polar surface area (TPSA) is 106 Å². The Hall–Kier alpha value is -4.14. The largest absolute Gasteiger partial charge is 0.458 e. The Morgan fingerprint density at radius 3 is 2.85 bits per heavy atom. The summed E-state index contributed by atoms with van der Waals surface area (Å²) in [4.78, 5) is 28.3. The van der Waals surface area contributed by atoms with Gasteiger partial charge >= 0.3 is 0 Å². The molecule has 1 amide bonds. The second kappa shape index (κ2) is 7.18. The molecule has 0 radical (unpaired) electrons. The fourth-order valence-corrected chi connectivity index (χ4v) is 4.82. The monoisotopic (exact) mass is 454 g/mol. The number of aromatic nitrogens is 5. The van der Waals surface area contributed by atoms with Crippen molar-refractivity contribution in [3.05, 3.63) is 77.7 Å². The van der Waals surface area contributed by atoms with Gasteiger partial charge in [0.05, 0.1) is 29.5 Å². The van der Waals surface area contributed by atoms with Gasteiger partial charge in [-0.1, -0.05) is 18.2 Å². The van der Waals surface area contributed by atoms with E-state index < -0.39 is 6.04 Å². The summed E-state index contributed by atoms with van der Waals surface area (Å²) >= 11 is 0. The first-order chi connectivity index (χ1) is 16.7. The number of hydrogen-bond donors (Lipinski definition) is 1. The van der Waals surface area contributed by atoms with E-state index in [1.54, 1.807) is 22.1 Å². The lowest BCUT2D eigenvalue weighted by molar-refractivity contribution is 0.0639. The third-order valence-electron chi connectivity index (χ3n) is 6.66. The van der Waals surface area contributed by atoms with Crippen molar-refractivity contribution in [3.8, 4) is 11.5 Å². The van der Waals surface area contributed by atoms with Crippen LogP contribution in [0.3, 0.4) is 0 Å². The van der Waals surface area contributed by atoms with Gasteiger partial charge in [-0.3, -0.25) is 9.48 Å². The number of oxazole rings is 1. The van der Waals surface area contributed by atoms with Gasteiger partial charge in [-0.05, 0) is 25.0 Å². The van der Waals surface area contributed by atoms with Crippen molar-refractivity contribution < 1.29 is 13.6 Å². The highest BCUT2D eigenvalue weighted by Crippen LogP contribution is 2.44. The molecule has 1 aliphatic heterocycles. The first-order valence-electron chi connectivity index (χ1n) is 11.5. The number of benzene rings is 1. The van der Waals surface area contributed by atoms with Crippen LogP contribution >= 0.6 is 0 Å². The summed E-state index contributed by atoms with van der Waals surface area (Å²) in [5.74, 6) is 1.48. The maximum absolute atomic E-state index is 14.0. The van der Waals surface area contributed by atoms with Crippen molar-refractivity contribution in [2.75, 3.05) is 6.54 Å². The SMILES string of the molecule is Cn1cc(-c2nc(C3CC3)c(C(=O)N3CCc4[nH]cnc4[C@H]3c3cc4ccccc4o3)o2)cn1. The lowest BCUT2D eigenvalue weighted by atomic mass is 9.99. The molecule has 0 bridgehead atoms. The number of para-hydroxylation sites is 1. The Balaban J connectivity index is 1.33. The van der Waals surface area contributed by atoms with Crippen LogP contribution in [0, 0.1) is 0 Å². The zero-order valence-electron chi connectivity index (χ0n) is 18.6. The molecular weight excluding hydrogens is 432 g/mol. The Labute approximate surface area is 194 Å². The second-order valence-corrected chi connectivity index (χ2v) is 9.01. The average Bonchev–Trinajstić information content (AvgIpc) is 3.24. The van der Waals surface area contributed by atoms with Crippen LogP contribution in [-0.2, 0) is 13.5 Å². The average molecular weight is 454 g/mol. The number of H-pyrrole nitrogens is 1. The van der Waals surface area contributed by atoms with Crippen LogP contribution in [0.4, 0.5) is 0 Å². The highest BCUT2D eigenvalue weighted by atomic mass is 16.4. The van der Waals surface area contributed by atoms with Crippen LogP contribution in [-0.4, -0.2) is 42.1 Å². The maximum atomic E-state index is 14.0. The second-order valence-electron chi connectivity index (χ2n) is 9.01. The van der Waals surface area contributed by atoms with Crippen molar-refractivity contribution in [1.29, 1.82) is 0 Å². The van der Waals surface area contributed by atoms with Gasteiger partial charge in [0.15, 0.2) is 0 Å². The van der Waals surface area contributed by atoms with Crippen molar-refractivity contribution >= 4 is 16.9 Å². The molecule has 1 aromatic carbocycles. The van der Waals surface area contributed by atoms with Gasteiger partial charge in [-0.2, -0.15) is 5.10 Å². The molecule has 5 aromatic rings. The number of nitrogens with zero attached hydrogens (tertiary/aromatic N) is 5. The Morgan fingerprint density at radius 1 is 1.18 bits per heavy atom. The fraction of sp³-hybridized carbons (Fsp3) is 0.280. The van der Waals surface area contributed by atoms with E-state index in [2.05, 4.69) is 15.1 Å². The fourth-order valence-electron chi connectivity index (χ4n) is 4.82. The van der Waals surface area contributed by atoms with Crippen LogP contribution < -0.4 is 0 Å². The normalized spacial score (nSPS) is 17.9. The molecule has 2 aliphatic rings. The minimum atomic E-state index is -0.450. The van der Waals surface area contributed by atoms with Gasteiger partial charge in [0.1, 0.15) is 17.4 Å². The van der Waals surface area contributed by atoms with Gasteiger partial charge in [-0.15, -0.1) is 0 Å². The van der Waals surface area contributed by atoms with Crippen LogP contribution in [0.1, 0.15) is 58.2 Å². The lowest BCUT2D eigenvalue weighted by Gasteiger charge is -2.33. The highest BCUT2D eigenvalue weighted by molar-refractivity contribution is 5.94. The molecule has 170 valence electrons. The first kappa shape index (κ1) is 19.3. The molecule has 9 heteroatoms. The van der Waals surface area contributed by atoms with Gasteiger partial charge < -0.3 is 18.7 Å². The first-order valence-corrected chi connectivity index (χ1v) is 11.5. The van der Waals surface area contributed by atoms with E-state index in [-0.39, 0.29) is 11.8 Å². The molecule has 34 heavy (non-hydrogen) atoms. The minimum absolute atomic E-state index is 0.191. The van der Waals surface area contributed by atoms with Crippen molar-refractivity contribution in [2.45, 2.75) is 31.2 Å². The molecule has 1 N–H and O–H groups in total. The summed E-state index contributed by atoms with van der Waals surface area (Å²) in [6.45, 7) is 0.517. The number of carbonyl (C=O) groups is 1. The van der Waals surface area contributed by atoms with E-state index in [9.17, 15) is 4.79 Å². The minimum Gasteiger partial charge on any atom is -0.458 e. The molecule has 4 aromatic heterocycles. The summed E-state index contributed by atoms with van der Waals surface area (Å²) in [5, 5.41) is 5.21. The summed E-state index contributed by atoms with van der Waals surface area (Å²) in [7, 11) is 1.84. The number of fused-ring (bicyclic) bond motifs is 2. The number of aromatic amines is 1. The number of aryl methyl sites for hydroxylation is 1. The van der Waals surface area contributed by atoms with E-state index in [4.69, 9.17) is 13.8 Å². The van der Waals surface area contributed by atoms with Crippen LogP contribution in [0.5, 0.6) is 0 Å². The zero-order chi connectivity index (χ0) is 22.8. The molecule has 1 saturated carbocycles. The third kappa shape index (κ3) is 3.00. The summed E-state index contributed by atoms with van der Waals surface area (Å²) < 4.78 is 14.0. The van der Waals surface area contributed by atoms with Gasteiger partial charge in [0.25, 0.3) is 5.91 Å². The third-order valence-corrected chi connectivity index (χ3v) is 6.66. The maximum Gasteiger partial charge on any atom is 0.292 e. The van der Waals surface area contributed by atoms with Crippen molar-refractivity contribution in [3.63, 3.8) is 0 Å². The standard InChI is InChI=1S/C25H22N6O3/c1-30-12-16(11-28-30)24-29-20(14-6-7-14)23(34-24)25(32)31-9-8-17-21(27-13-26-17)22(31)19-10-15-4-2-3-5-18(15)33-19/h2-5,10-14,22H,6-9H2,1H3,(H,26,27)/t22-/m1/s1. The van der Waals surface area contributed by atoms with Crippen LogP contribution in [0.15, 0.2) is 57.9 Å². The molecule has 0 spiro atoms. The summed E-state index contributed by atoms with van der Waals surface area (Å²) in [5.41, 5.74) is 4.10. The molecule has 1 fully saturated rings. The van der Waals surface area contributed by atoms with E-state index in [1.807, 2.05) is 43.6 Å². The number of rotatable bonds is 4. The Kier molecular flexibility index (Phi) is 4.08. The lowest BCUT2D eigenvalue weighted by Crippen LogP contribution is -2.40. The van der Waals surface area contributed by atoms with Crippen molar-refractivity contribution in [2.24, 2.45) is 7.05 Å². The molecule has 0 unspecified atom stereocenters. The number of nitrogens with one attached hydrogen (secondary N) is 1. The number of furan rings is 1. The molecule has 0 saturated heterocycles. The van der Waals surface area contributed by atoms with Gasteiger partial charge in [-0.25, -0.2) is 9.97 Å². The Morgan fingerprint density at radius 2 is 2.06 bits per heavy atom. The molecular formula is C25H22N6O3. The number of carbonyl (C=O) groups excluding carboxylic acids is 1. The van der Waals surface area contributed by atoms with Gasteiger partial charge in [0.2, 0.25) is 11.7 Å². The predicted molar refractivity (Wildman–Crippen MR) is 122 cm³/mol. The van der Waals surface area contributed by atoms with Gasteiger partial charge in [0, 0.05) is 43.2 Å². The van der Waals surface area contributed by atoms with E-state index in [0.29, 0.717) is 30.4 Å². The molecule has 5 heterocycles. The molecule has 9 nitrogen and oxygen atoms in total. The predicted octanol–water partition coefficient (Wildman–Crippen LogP) is 4.21. The van der Waals surface area contributed by atoms with E-state index in [1.165, 1.54) is 0 Å². The number of hydrogen-bond acceptors (Lipinski definition) is 6. The Bertz CT molecular complexity index is 1500. The van der Waals surface area contributed by atoms with Crippen molar-refractivity contribution in [1.82, 2.24) is 29.6 Å². The van der Waals surface area contributed by atoms with Crippen LogP contribution in [0.25, 0.3) is 22.4 Å². The molecule has 1 atom stereocenters. The van der Waals surface area contributed by atoms with Crippen LogP contribution in [0.2, 0.25) is 0 Å². The summed E-state index contributed by atoms with van der Waals surface area (Å²) in [6, 6.07) is 9.39. The number of imidazole rings is 1. The quantitative estimate of drug-likeness (QED) is 0.436. The summed E-state index contributed by atoms with van der Waals surface area (Å²) in [6.07, 6.45) is 7.92. The van der Waals surface area contributed by atoms with E-state index in [0.717, 1.165) is 46.5 Å². The van der Waals surface area contributed by atoms with E-state index >= 15 is 0 Å². The smallest absolute Gasteiger partial charge is 0.292 e. The zero-order valence-corrected chi connectivity index (χ0v) is 18.6. The molecule has 1 aliphatic carbocycles. The molecule has 7 rings (SSSR count). The number of amides is 1. The highest BCUT2D eigenvalue weighted by Gasteiger charge is 2.41.